The van der Waals surface area contributed by atoms with E-state index in [-0.39, 0.29) is 18.4 Å². The number of amides is 3. The van der Waals surface area contributed by atoms with E-state index in [1.807, 2.05) is 0 Å². The molecule has 0 spiro atoms. The van der Waals surface area contributed by atoms with E-state index in [0.717, 1.165) is 0 Å². The zero-order valence-electron chi connectivity index (χ0n) is 10.6. The highest BCUT2D eigenvalue weighted by atomic mass is 16.4. The van der Waals surface area contributed by atoms with Crippen LogP contribution in [0.15, 0.2) is 0 Å². The molecule has 0 fully saturated rings. The van der Waals surface area contributed by atoms with Gasteiger partial charge in [0.1, 0.15) is 0 Å². The van der Waals surface area contributed by atoms with Gasteiger partial charge in [-0.25, -0.2) is 4.79 Å². The Bertz CT molecular complexity index is 294. The van der Waals surface area contributed by atoms with Gasteiger partial charge in [0.2, 0.25) is 5.91 Å². The van der Waals surface area contributed by atoms with Crippen LogP contribution in [0.1, 0.15) is 32.6 Å². The summed E-state index contributed by atoms with van der Waals surface area (Å²) in [6, 6.07) is -0.317. The van der Waals surface area contributed by atoms with Gasteiger partial charge in [-0.3, -0.25) is 9.59 Å². The van der Waals surface area contributed by atoms with Crippen LogP contribution in [0.2, 0.25) is 0 Å². The van der Waals surface area contributed by atoms with Gasteiger partial charge in [-0.05, 0) is 19.3 Å². The largest absolute Gasteiger partial charge is 0.481 e. The van der Waals surface area contributed by atoms with Crippen LogP contribution >= 0.6 is 0 Å². The molecule has 7 nitrogen and oxygen atoms in total. The van der Waals surface area contributed by atoms with Crippen LogP contribution in [0.5, 0.6) is 0 Å². The number of hydrogen-bond acceptors (Lipinski definition) is 3. The number of nitrogens with two attached hydrogens (primary N) is 1. The van der Waals surface area contributed by atoms with E-state index < -0.39 is 11.9 Å². The second-order valence-electron chi connectivity index (χ2n) is 4.13. The Morgan fingerprint density at radius 3 is 2.22 bits per heavy atom. The number of urea groups is 1. The highest BCUT2D eigenvalue weighted by molar-refractivity contribution is 5.75. The van der Waals surface area contributed by atoms with Gasteiger partial charge in [-0.15, -0.1) is 0 Å². The normalized spacial score (nSPS) is 11.6. The minimum absolute atomic E-state index is 0.246. The van der Waals surface area contributed by atoms with Gasteiger partial charge in [0.05, 0.1) is 5.92 Å². The van der Waals surface area contributed by atoms with Crippen molar-refractivity contribution in [2.75, 3.05) is 13.1 Å². The second kappa shape index (κ2) is 9.26. The summed E-state index contributed by atoms with van der Waals surface area (Å²) in [7, 11) is 0. The minimum Gasteiger partial charge on any atom is -0.481 e. The van der Waals surface area contributed by atoms with Crippen LogP contribution < -0.4 is 16.4 Å². The number of hydrogen-bond donors (Lipinski definition) is 4. The number of carboxylic acids is 1. The van der Waals surface area contributed by atoms with E-state index in [1.165, 1.54) is 0 Å². The molecule has 0 radical (unpaired) electrons. The average molecular weight is 259 g/mol. The number of nitrogens with one attached hydrogen (secondary N) is 2. The van der Waals surface area contributed by atoms with Crippen molar-refractivity contribution in [3.63, 3.8) is 0 Å². The van der Waals surface area contributed by atoms with E-state index in [0.29, 0.717) is 32.4 Å². The third-order valence-electron chi connectivity index (χ3n) is 2.41. The lowest BCUT2D eigenvalue weighted by Gasteiger charge is -2.08. The Hall–Kier alpha value is -1.79. The molecule has 104 valence electrons. The predicted octanol–water partition coefficient (Wildman–Crippen LogP) is 0.0520. The van der Waals surface area contributed by atoms with Gasteiger partial charge >= 0.3 is 12.0 Å². The molecule has 0 rings (SSSR count). The summed E-state index contributed by atoms with van der Waals surface area (Å²) in [6.45, 7) is 2.45. The lowest BCUT2D eigenvalue weighted by molar-refractivity contribution is -0.141. The molecule has 0 aliphatic rings. The molecule has 1 unspecified atom stereocenters. The molecule has 7 heteroatoms. The Balaban J connectivity index is 3.42. The lowest BCUT2D eigenvalue weighted by atomic mass is 10.1. The minimum atomic E-state index is -0.828. The highest BCUT2D eigenvalue weighted by Crippen LogP contribution is 2.03. The van der Waals surface area contributed by atoms with E-state index in [9.17, 15) is 14.4 Å². The Kier molecular flexibility index (Phi) is 8.34. The molecule has 0 aliphatic carbocycles. The molecule has 0 saturated carbocycles. The van der Waals surface area contributed by atoms with E-state index in [4.69, 9.17) is 10.8 Å². The first kappa shape index (κ1) is 16.2. The number of primary amides is 1. The van der Waals surface area contributed by atoms with Crippen LogP contribution in [-0.2, 0) is 9.59 Å². The van der Waals surface area contributed by atoms with E-state index >= 15 is 0 Å². The predicted molar refractivity (Wildman–Crippen MR) is 65.9 cm³/mol. The maximum Gasteiger partial charge on any atom is 0.314 e. The molecule has 0 saturated heterocycles. The summed E-state index contributed by atoms with van der Waals surface area (Å²) in [5.41, 5.74) is 4.95. The third kappa shape index (κ3) is 9.44. The maximum atomic E-state index is 11.2. The summed E-state index contributed by atoms with van der Waals surface area (Å²) < 4.78 is 0. The van der Waals surface area contributed by atoms with E-state index in [2.05, 4.69) is 10.6 Å². The van der Waals surface area contributed by atoms with Gasteiger partial charge in [0.25, 0.3) is 0 Å². The number of aliphatic carboxylic acids is 1. The Labute approximate surface area is 106 Å². The Morgan fingerprint density at radius 2 is 1.72 bits per heavy atom. The topological polar surface area (TPSA) is 122 Å². The molecule has 18 heavy (non-hydrogen) atoms. The molecule has 0 aromatic rings. The van der Waals surface area contributed by atoms with Gasteiger partial charge < -0.3 is 21.5 Å². The van der Waals surface area contributed by atoms with Crippen LogP contribution in [0.4, 0.5) is 4.79 Å². The van der Waals surface area contributed by atoms with Crippen molar-refractivity contribution in [3.8, 4) is 0 Å². The smallest absolute Gasteiger partial charge is 0.314 e. The maximum absolute atomic E-state index is 11.2. The molecular formula is C11H21N3O4. The number of carboxylic acid groups (broad SMARTS) is 1. The molecular weight excluding hydrogens is 238 g/mol. The zero-order chi connectivity index (χ0) is 14.0. The van der Waals surface area contributed by atoms with Crippen LogP contribution in [0.3, 0.4) is 0 Å². The number of carbonyl (C=O) groups excluding carboxylic acids is 2. The van der Waals surface area contributed by atoms with E-state index in [1.54, 1.807) is 6.92 Å². The SMILES string of the molecule is CC(CCCNC(=O)NCCCC(N)=O)C(=O)O. The summed E-state index contributed by atoms with van der Waals surface area (Å²) in [4.78, 5) is 32.2. The van der Waals surface area contributed by atoms with Gasteiger partial charge in [-0.1, -0.05) is 6.92 Å². The van der Waals surface area contributed by atoms with Crippen molar-refractivity contribution in [2.24, 2.45) is 11.7 Å². The standard InChI is InChI=1S/C11H21N3O4/c1-8(10(16)17)4-2-6-13-11(18)14-7-3-5-9(12)15/h8H,2-7H2,1H3,(H2,12,15)(H,16,17)(H2,13,14,18). The first-order valence-electron chi connectivity index (χ1n) is 5.96. The van der Waals surface area contributed by atoms with Gasteiger partial charge in [0.15, 0.2) is 0 Å². The van der Waals surface area contributed by atoms with Crippen molar-refractivity contribution in [1.82, 2.24) is 10.6 Å². The fourth-order valence-electron chi connectivity index (χ4n) is 1.26. The highest BCUT2D eigenvalue weighted by Gasteiger charge is 2.09. The van der Waals surface area contributed by atoms with Gasteiger partial charge in [-0.2, -0.15) is 0 Å². The molecule has 0 aliphatic heterocycles. The summed E-state index contributed by atoms with van der Waals surface area (Å²) in [5, 5.41) is 13.8. The van der Waals surface area contributed by atoms with Gasteiger partial charge in [0, 0.05) is 19.5 Å². The lowest BCUT2D eigenvalue weighted by Crippen LogP contribution is -2.36. The molecule has 1 atom stereocenters. The van der Waals surface area contributed by atoms with Crippen molar-refractivity contribution in [3.05, 3.63) is 0 Å². The molecule has 0 aromatic carbocycles. The quantitative estimate of drug-likeness (QED) is 0.437. The van der Waals surface area contributed by atoms with Crippen molar-refractivity contribution < 1.29 is 19.5 Å². The van der Waals surface area contributed by atoms with Crippen LogP contribution in [0, 0.1) is 5.92 Å². The molecule has 0 aromatic heterocycles. The van der Waals surface area contributed by atoms with Crippen LogP contribution in [-0.4, -0.2) is 36.1 Å². The van der Waals surface area contributed by atoms with Crippen molar-refractivity contribution in [2.45, 2.75) is 32.6 Å². The zero-order valence-corrected chi connectivity index (χ0v) is 10.6. The summed E-state index contributed by atoms with van der Waals surface area (Å²) in [5.74, 6) is -1.61. The molecule has 5 N–H and O–H groups in total. The molecule has 3 amide bonds. The monoisotopic (exact) mass is 259 g/mol. The molecule has 0 bridgehead atoms. The fraction of sp³-hybridized carbons (Fsp3) is 0.727. The van der Waals surface area contributed by atoms with Crippen molar-refractivity contribution >= 4 is 17.9 Å². The fourth-order valence-corrected chi connectivity index (χ4v) is 1.26. The first-order valence-corrected chi connectivity index (χ1v) is 5.96. The number of carbonyl (C=O) groups is 3. The summed E-state index contributed by atoms with van der Waals surface area (Å²) >= 11 is 0. The Morgan fingerprint density at radius 1 is 1.17 bits per heavy atom. The second-order valence-corrected chi connectivity index (χ2v) is 4.13. The number of rotatable bonds is 9. The molecule has 0 heterocycles. The summed E-state index contributed by atoms with van der Waals surface area (Å²) in [6.07, 6.45) is 1.90. The van der Waals surface area contributed by atoms with Crippen molar-refractivity contribution in [1.29, 1.82) is 0 Å². The van der Waals surface area contributed by atoms with Crippen LogP contribution in [0.25, 0.3) is 0 Å². The first-order chi connectivity index (χ1) is 8.43. The third-order valence-corrected chi connectivity index (χ3v) is 2.41. The average Bonchev–Trinajstić information content (AvgIpc) is 2.29.